The van der Waals surface area contributed by atoms with Gasteiger partial charge in [-0.05, 0) is 98.0 Å². The molecule has 0 saturated carbocycles. The van der Waals surface area contributed by atoms with Gasteiger partial charge < -0.3 is 35.1 Å². The minimum Gasteiger partial charge on any atom is -0.493 e. The lowest BCUT2D eigenvalue weighted by Crippen LogP contribution is -2.35. The highest BCUT2D eigenvalue weighted by molar-refractivity contribution is 6.04. The molecular formula is C37H45N5O5. The van der Waals surface area contributed by atoms with Gasteiger partial charge in [-0.1, -0.05) is 19.8 Å². The van der Waals surface area contributed by atoms with Crippen LogP contribution in [0.2, 0.25) is 0 Å². The van der Waals surface area contributed by atoms with Crippen molar-refractivity contribution in [1.82, 2.24) is 14.8 Å². The number of anilines is 2. The molecule has 248 valence electrons. The number of nitrogens with one attached hydrogen (secondary N) is 3. The van der Waals surface area contributed by atoms with Crippen molar-refractivity contribution < 1.29 is 24.2 Å². The Bertz CT molecular complexity index is 1640. The van der Waals surface area contributed by atoms with Gasteiger partial charge >= 0.3 is 6.03 Å². The molecule has 10 nitrogen and oxygen atoms in total. The van der Waals surface area contributed by atoms with Crippen molar-refractivity contribution in [2.75, 3.05) is 37.4 Å². The fourth-order valence-corrected chi connectivity index (χ4v) is 5.56. The lowest BCUT2D eigenvalue weighted by atomic mass is 10.1. The van der Waals surface area contributed by atoms with Crippen LogP contribution >= 0.6 is 0 Å². The quantitative estimate of drug-likeness (QED) is 0.116. The molecule has 1 aromatic heterocycles. The van der Waals surface area contributed by atoms with E-state index in [0.717, 1.165) is 63.0 Å². The van der Waals surface area contributed by atoms with Gasteiger partial charge in [0.25, 0.3) is 5.91 Å². The Balaban J connectivity index is 1.15. The molecule has 1 fully saturated rings. The number of unbranched alkanes of at least 4 members (excludes halogenated alkanes) is 2. The zero-order valence-corrected chi connectivity index (χ0v) is 27.4. The van der Waals surface area contributed by atoms with E-state index in [0.29, 0.717) is 40.7 Å². The van der Waals surface area contributed by atoms with Crippen LogP contribution in [0.4, 0.5) is 16.2 Å². The van der Waals surface area contributed by atoms with Crippen molar-refractivity contribution in [2.24, 2.45) is 0 Å². The third-order valence-electron chi connectivity index (χ3n) is 8.29. The molecule has 4 aromatic rings. The minimum atomic E-state index is -0.261. The second-order valence-corrected chi connectivity index (χ2v) is 12.0. The van der Waals surface area contributed by atoms with E-state index >= 15 is 0 Å². The van der Waals surface area contributed by atoms with Crippen LogP contribution < -0.4 is 25.4 Å². The summed E-state index contributed by atoms with van der Waals surface area (Å²) in [4.78, 5) is 27.6. The molecule has 1 aliphatic heterocycles. The van der Waals surface area contributed by atoms with E-state index in [1.54, 1.807) is 37.4 Å². The number of hydrogen-bond donors (Lipinski definition) is 4. The van der Waals surface area contributed by atoms with Gasteiger partial charge in [0.05, 0.1) is 13.2 Å². The molecule has 0 spiro atoms. The lowest BCUT2D eigenvalue weighted by Gasteiger charge is -2.29. The van der Waals surface area contributed by atoms with Gasteiger partial charge in [0, 0.05) is 67.3 Å². The van der Waals surface area contributed by atoms with Crippen LogP contribution in [0.15, 0.2) is 79.1 Å². The topological polar surface area (TPSA) is 117 Å². The highest BCUT2D eigenvalue weighted by atomic mass is 16.5. The molecule has 0 aliphatic carbocycles. The van der Waals surface area contributed by atoms with Crippen LogP contribution in [0.1, 0.15) is 60.5 Å². The maximum Gasteiger partial charge on any atom is 0.319 e. The average Bonchev–Trinajstić information content (AvgIpc) is 3.54. The maximum absolute atomic E-state index is 13.1. The molecule has 47 heavy (non-hydrogen) atoms. The number of aromatic nitrogens is 1. The average molecular weight is 640 g/mol. The number of nitrogens with zero attached hydrogens (tertiary/aromatic N) is 2. The van der Waals surface area contributed by atoms with Crippen molar-refractivity contribution in [2.45, 2.75) is 58.6 Å². The molecule has 1 saturated heterocycles. The van der Waals surface area contributed by atoms with Crippen molar-refractivity contribution in [3.05, 3.63) is 95.8 Å². The smallest absolute Gasteiger partial charge is 0.319 e. The van der Waals surface area contributed by atoms with Gasteiger partial charge in [-0.15, -0.1) is 0 Å². The Labute approximate surface area is 276 Å². The first-order chi connectivity index (χ1) is 22.8. The van der Waals surface area contributed by atoms with Crippen LogP contribution in [0.3, 0.4) is 0 Å². The summed E-state index contributed by atoms with van der Waals surface area (Å²) in [6.45, 7) is 7.34. The van der Waals surface area contributed by atoms with Gasteiger partial charge in [0.15, 0.2) is 11.5 Å². The summed E-state index contributed by atoms with van der Waals surface area (Å²) < 4.78 is 13.7. The first-order valence-electron chi connectivity index (χ1n) is 16.3. The number of aliphatic hydroxyl groups is 1. The van der Waals surface area contributed by atoms with E-state index in [1.165, 1.54) is 5.56 Å². The molecule has 2 heterocycles. The number of urea groups is 1. The number of rotatable bonds is 13. The van der Waals surface area contributed by atoms with Crippen LogP contribution in [-0.2, 0) is 6.54 Å². The van der Waals surface area contributed by atoms with E-state index in [4.69, 9.17) is 9.47 Å². The first kappa shape index (κ1) is 33.6. The maximum atomic E-state index is 13.1. The molecule has 5 rings (SSSR count). The molecule has 4 N–H and O–H groups in total. The highest BCUT2D eigenvalue weighted by Crippen LogP contribution is 2.36. The zero-order chi connectivity index (χ0) is 33.2. The summed E-state index contributed by atoms with van der Waals surface area (Å²) in [6, 6.07) is 20.1. The van der Waals surface area contributed by atoms with Gasteiger partial charge in [0.1, 0.15) is 5.75 Å². The number of piperidine rings is 1. The third kappa shape index (κ3) is 9.37. The molecular weight excluding hydrogens is 594 g/mol. The van der Waals surface area contributed by atoms with E-state index in [1.807, 2.05) is 43.5 Å². The molecule has 0 atom stereocenters. The Morgan fingerprint density at radius 3 is 2.32 bits per heavy atom. The monoisotopic (exact) mass is 639 g/mol. The van der Waals surface area contributed by atoms with Crippen molar-refractivity contribution >= 4 is 23.3 Å². The lowest BCUT2D eigenvalue weighted by molar-refractivity contribution is 0.0792. The summed E-state index contributed by atoms with van der Waals surface area (Å²) in [5.41, 5.74) is 4.83. The Hall–Kier alpha value is -4.80. The SMILES string of the molecule is CCCCCNC(=O)Nc1ccc(Oc2ccc(NC(=O)c3ccc(-n4ccc(CN5CCC(O)CC5)c4)cc3)cc2C)c(OC)c1. The van der Waals surface area contributed by atoms with E-state index in [2.05, 4.69) is 44.6 Å². The van der Waals surface area contributed by atoms with Crippen LogP contribution in [0, 0.1) is 6.92 Å². The molecule has 0 bridgehead atoms. The highest BCUT2D eigenvalue weighted by Gasteiger charge is 2.17. The largest absolute Gasteiger partial charge is 0.493 e. The van der Waals surface area contributed by atoms with Gasteiger partial charge in [-0.25, -0.2) is 4.79 Å². The van der Waals surface area contributed by atoms with Crippen molar-refractivity contribution in [3.63, 3.8) is 0 Å². The predicted molar refractivity (Wildman–Crippen MR) is 185 cm³/mol. The number of hydrogen-bond acceptors (Lipinski definition) is 6. The predicted octanol–water partition coefficient (Wildman–Crippen LogP) is 7.11. The number of aryl methyl sites for hydroxylation is 1. The molecule has 0 radical (unpaired) electrons. The first-order valence-corrected chi connectivity index (χ1v) is 16.3. The fraction of sp³-hybridized carbons (Fsp3) is 0.351. The van der Waals surface area contributed by atoms with Crippen molar-refractivity contribution in [3.8, 4) is 22.9 Å². The number of methoxy groups -OCH3 is 1. The molecule has 3 amide bonds. The van der Waals surface area contributed by atoms with Gasteiger partial charge in [0.2, 0.25) is 0 Å². The minimum absolute atomic E-state index is 0.173. The summed E-state index contributed by atoms with van der Waals surface area (Å²) in [6.07, 6.45) is 8.74. The Morgan fingerprint density at radius 2 is 1.62 bits per heavy atom. The van der Waals surface area contributed by atoms with E-state index < -0.39 is 0 Å². The zero-order valence-electron chi connectivity index (χ0n) is 27.4. The number of aliphatic hydroxyl groups excluding tert-OH is 1. The summed E-state index contributed by atoms with van der Waals surface area (Å²) in [7, 11) is 1.55. The van der Waals surface area contributed by atoms with Crippen LogP contribution in [0.5, 0.6) is 17.2 Å². The van der Waals surface area contributed by atoms with Gasteiger partial charge in [-0.3, -0.25) is 9.69 Å². The Kier molecular flexibility index (Phi) is 11.5. The number of ether oxygens (including phenoxy) is 2. The number of likely N-dealkylation sites (tertiary alicyclic amines) is 1. The standard InChI is InChI=1S/C37H45N5O5/c1-4-5-6-18-38-37(45)40-30-10-14-34(35(23-30)46-3)47-33-13-9-29(22-26(33)2)39-36(44)28-7-11-31(12-8-28)42-21-15-27(25-42)24-41-19-16-32(43)17-20-41/h7-15,21-23,25,32,43H,4-6,16-20,24H2,1-3H3,(H,39,44)(H2,38,40,45). The van der Waals surface area contributed by atoms with Gasteiger partial charge in [-0.2, -0.15) is 0 Å². The molecule has 3 aromatic carbocycles. The van der Waals surface area contributed by atoms with Crippen molar-refractivity contribution in [1.29, 1.82) is 0 Å². The normalized spacial score (nSPS) is 13.6. The van der Waals surface area contributed by atoms with E-state index in [-0.39, 0.29) is 18.0 Å². The summed E-state index contributed by atoms with van der Waals surface area (Å²) >= 11 is 0. The molecule has 1 aliphatic rings. The second kappa shape index (κ2) is 16.2. The number of benzene rings is 3. The van der Waals surface area contributed by atoms with Crippen LogP contribution in [0.25, 0.3) is 5.69 Å². The van der Waals surface area contributed by atoms with Crippen LogP contribution in [-0.4, -0.2) is 59.4 Å². The third-order valence-corrected chi connectivity index (χ3v) is 8.29. The number of carbonyl (C=O) groups is 2. The summed E-state index contributed by atoms with van der Waals surface area (Å²) in [5, 5.41) is 18.4. The number of amides is 3. The van der Waals surface area contributed by atoms with E-state index in [9.17, 15) is 14.7 Å². The number of carbonyl (C=O) groups excluding carboxylic acids is 2. The fourth-order valence-electron chi connectivity index (χ4n) is 5.56. The molecule has 10 heteroatoms. The Morgan fingerprint density at radius 1 is 0.894 bits per heavy atom. The molecule has 0 unspecified atom stereocenters. The summed E-state index contributed by atoms with van der Waals surface area (Å²) in [5.74, 6) is 1.39. The second-order valence-electron chi connectivity index (χ2n) is 12.0.